The molecule has 0 bridgehead atoms. The minimum absolute atomic E-state index is 0.241. The molecule has 0 heterocycles. The van der Waals surface area contributed by atoms with E-state index in [2.05, 4.69) is 24.3 Å². The summed E-state index contributed by atoms with van der Waals surface area (Å²) >= 11 is 0. The number of carbonyl (C=O) groups excluding carboxylic acids is 1. The Morgan fingerprint density at radius 1 is 0.800 bits per heavy atom. The molecule has 0 saturated heterocycles. The van der Waals surface area contributed by atoms with Crippen molar-refractivity contribution in [3.8, 4) is 17.2 Å². The number of hydrogen-bond acceptors (Lipinski definition) is 5. The molecule has 5 nitrogen and oxygen atoms in total. The van der Waals surface area contributed by atoms with Gasteiger partial charge in [0, 0.05) is 18.3 Å². The van der Waals surface area contributed by atoms with Crippen molar-refractivity contribution in [2.24, 2.45) is 0 Å². The molecule has 0 radical (unpaired) electrons. The van der Waals surface area contributed by atoms with Crippen molar-refractivity contribution in [2.45, 2.75) is 44.9 Å². The van der Waals surface area contributed by atoms with Gasteiger partial charge in [-0.3, -0.25) is 4.79 Å². The number of carbonyl (C=O) groups is 1. The molecule has 0 amide bonds. The highest BCUT2D eigenvalue weighted by Crippen LogP contribution is 2.40. The van der Waals surface area contributed by atoms with Crippen molar-refractivity contribution >= 4 is 13.3 Å². The molecule has 30 heavy (non-hydrogen) atoms. The van der Waals surface area contributed by atoms with Gasteiger partial charge in [0.25, 0.3) is 0 Å². The van der Waals surface area contributed by atoms with Crippen molar-refractivity contribution in [1.29, 1.82) is 0 Å². The summed E-state index contributed by atoms with van der Waals surface area (Å²) in [6.07, 6.45) is 7.99. The largest absolute Gasteiger partial charge is 0.496 e. The van der Waals surface area contributed by atoms with Gasteiger partial charge in [-0.15, -0.1) is 0 Å². The summed E-state index contributed by atoms with van der Waals surface area (Å²) in [5, 5.41) is 0. The van der Waals surface area contributed by atoms with E-state index in [0.29, 0.717) is 23.4 Å². The van der Waals surface area contributed by atoms with Crippen LogP contribution < -0.4 is 14.2 Å². The Kier molecular flexibility index (Phi) is 10.5. The Hall–Kier alpha value is -2.26. The SMILES string of the molecule is COc1cc(OC)c(C(=O)[PH](=O)CCCCCCCCc2ccccc2)c(OC)c1. The highest BCUT2D eigenvalue weighted by molar-refractivity contribution is 7.64. The van der Waals surface area contributed by atoms with Crippen LogP contribution in [0.15, 0.2) is 42.5 Å². The number of rotatable bonds is 14. The second-order valence-corrected chi connectivity index (χ2v) is 9.07. The Morgan fingerprint density at radius 3 is 1.93 bits per heavy atom. The fraction of sp³-hybridized carbons (Fsp3) is 0.458. The van der Waals surface area contributed by atoms with Crippen LogP contribution in [0.1, 0.15) is 54.4 Å². The van der Waals surface area contributed by atoms with Crippen LogP contribution >= 0.6 is 7.80 Å². The maximum absolute atomic E-state index is 12.8. The maximum Gasteiger partial charge on any atom is 0.225 e. The molecular weight excluding hydrogens is 399 g/mol. The van der Waals surface area contributed by atoms with Crippen LogP contribution in [0.2, 0.25) is 0 Å². The van der Waals surface area contributed by atoms with Gasteiger partial charge < -0.3 is 18.8 Å². The van der Waals surface area contributed by atoms with E-state index in [9.17, 15) is 9.36 Å². The number of benzene rings is 2. The molecule has 6 heteroatoms. The first kappa shape index (κ1) is 24.0. The molecule has 0 N–H and O–H groups in total. The average molecular weight is 432 g/mol. The lowest BCUT2D eigenvalue weighted by Gasteiger charge is -2.14. The van der Waals surface area contributed by atoms with Gasteiger partial charge in [-0.2, -0.15) is 0 Å². The van der Waals surface area contributed by atoms with Crippen LogP contribution in [0.5, 0.6) is 17.2 Å². The molecule has 1 unspecified atom stereocenters. The number of ether oxygens (including phenoxy) is 3. The second kappa shape index (κ2) is 13.1. The van der Waals surface area contributed by atoms with Gasteiger partial charge in [-0.25, -0.2) is 0 Å². The van der Waals surface area contributed by atoms with Gasteiger partial charge in [-0.1, -0.05) is 56.0 Å². The third-order valence-electron chi connectivity index (χ3n) is 5.16. The van der Waals surface area contributed by atoms with E-state index in [-0.39, 0.29) is 11.1 Å². The maximum atomic E-state index is 12.8. The molecule has 0 fully saturated rings. The zero-order chi connectivity index (χ0) is 21.8. The number of unbranched alkanes of at least 4 members (excludes halogenated alkanes) is 5. The van der Waals surface area contributed by atoms with Crippen LogP contribution in [0.25, 0.3) is 0 Å². The minimum Gasteiger partial charge on any atom is -0.496 e. The lowest BCUT2D eigenvalue weighted by atomic mass is 10.1. The first-order chi connectivity index (χ1) is 14.6. The van der Waals surface area contributed by atoms with Gasteiger partial charge in [0.05, 0.1) is 21.3 Å². The average Bonchev–Trinajstić information content (AvgIpc) is 2.79. The van der Waals surface area contributed by atoms with Gasteiger partial charge in [0.2, 0.25) is 5.52 Å². The van der Waals surface area contributed by atoms with E-state index in [4.69, 9.17) is 14.2 Å². The monoisotopic (exact) mass is 432 g/mol. The zero-order valence-electron chi connectivity index (χ0n) is 18.2. The van der Waals surface area contributed by atoms with E-state index >= 15 is 0 Å². The molecule has 0 aliphatic carbocycles. The second-order valence-electron chi connectivity index (χ2n) is 7.27. The van der Waals surface area contributed by atoms with Gasteiger partial charge in [0.1, 0.15) is 30.6 Å². The molecule has 2 rings (SSSR count). The Balaban J connectivity index is 1.74. The molecule has 2 aromatic carbocycles. The number of aryl methyl sites for hydroxylation is 1. The fourth-order valence-corrected chi connectivity index (χ4v) is 4.77. The van der Waals surface area contributed by atoms with Crippen molar-refractivity contribution in [2.75, 3.05) is 27.5 Å². The van der Waals surface area contributed by atoms with Crippen LogP contribution in [-0.2, 0) is 11.0 Å². The topological polar surface area (TPSA) is 61.8 Å². The molecule has 0 aliphatic rings. The summed E-state index contributed by atoms with van der Waals surface area (Å²) in [5.74, 6) is 1.17. The number of hydrogen-bond donors (Lipinski definition) is 0. The van der Waals surface area contributed by atoms with Gasteiger partial charge in [0.15, 0.2) is 0 Å². The molecule has 0 aliphatic heterocycles. The van der Waals surface area contributed by atoms with Gasteiger partial charge >= 0.3 is 0 Å². The molecule has 0 spiro atoms. The Morgan fingerprint density at radius 2 is 1.37 bits per heavy atom. The molecule has 164 valence electrons. The summed E-state index contributed by atoms with van der Waals surface area (Å²) in [5.41, 5.74) is 1.24. The van der Waals surface area contributed by atoms with Crippen LogP contribution in [0.3, 0.4) is 0 Å². The van der Waals surface area contributed by atoms with Crippen molar-refractivity contribution in [1.82, 2.24) is 0 Å². The predicted molar refractivity (Wildman–Crippen MR) is 122 cm³/mol. The fourth-order valence-electron chi connectivity index (χ4n) is 3.45. The summed E-state index contributed by atoms with van der Waals surface area (Å²) in [6.45, 7) is 0. The quantitative estimate of drug-likeness (QED) is 0.271. The summed E-state index contributed by atoms with van der Waals surface area (Å²) in [4.78, 5) is 12.8. The van der Waals surface area contributed by atoms with E-state index in [0.717, 1.165) is 25.7 Å². The Labute approximate surface area is 180 Å². The Bertz CT molecular complexity index is 795. The first-order valence-electron chi connectivity index (χ1n) is 10.5. The third kappa shape index (κ3) is 7.21. The third-order valence-corrected chi connectivity index (χ3v) is 6.72. The molecule has 1 atom stereocenters. The molecule has 0 saturated carbocycles. The first-order valence-corrected chi connectivity index (χ1v) is 12.1. The normalized spacial score (nSPS) is 11.7. The van der Waals surface area contributed by atoms with Crippen LogP contribution in [0, 0.1) is 0 Å². The standard InChI is InChI=1S/C24H33O5P/c1-27-20-17-21(28-2)23(22(18-20)29-3)24(25)30(26)16-12-7-5-4-6-9-13-19-14-10-8-11-15-19/h8,10-11,14-15,17-18,30H,4-7,9,12-13,16H2,1-3H3. The van der Waals surface area contributed by atoms with Gasteiger partial charge in [-0.05, 0) is 24.8 Å². The van der Waals surface area contributed by atoms with Crippen LogP contribution in [0.4, 0.5) is 0 Å². The highest BCUT2D eigenvalue weighted by atomic mass is 31.1. The van der Waals surface area contributed by atoms with Crippen molar-refractivity contribution in [3.63, 3.8) is 0 Å². The molecule has 2 aromatic rings. The van der Waals surface area contributed by atoms with E-state index in [1.807, 2.05) is 6.07 Å². The summed E-state index contributed by atoms with van der Waals surface area (Å²) in [7, 11) is 2.05. The van der Waals surface area contributed by atoms with Crippen LogP contribution in [-0.4, -0.2) is 33.0 Å². The van der Waals surface area contributed by atoms with E-state index in [1.165, 1.54) is 46.2 Å². The molecular formula is C24H33O5P. The zero-order valence-corrected chi connectivity index (χ0v) is 19.2. The summed E-state index contributed by atoms with van der Waals surface area (Å²) in [6, 6.07) is 13.8. The van der Waals surface area contributed by atoms with E-state index in [1.54, 1.807) is 12.1 Å². The minimum atomic E-state index is -2.43. The van der Waals surface area contributed by atoms with Crippen molar-refractivity contribution < 1.29 is 23.6 Å². The van der Waals surface area contributed by atoms with E-state index < -0.39 is 7.80 Å². The lowest BCUT2D eigenvalue weighted by molar-refractivity contribution is 0.107. The number of methoxy groups -OCH3 is 3. The molecule has 0 aromatic heterocycles. The van der Waals surface area contributed by atoms with Crippen molar-refractivity contribution in [3.05, 3.63) is 53.6 Å². The highest BCUT2D eigenvalue weighted by Gasteiger charge is 2.24. The summed E-state index contributed by atoms with van der Waals surface area (Å²) < 4.78 is 28.4. The predicted octanol–water partition coefficient (Wildman–Crippen LogP) is 6.00. The lowest BCUT2D eigenvalue weighted by Crippen LogP contribution is -2.04. The smallest absolute Gasteiger partial charge is 0.225 e.